The highest BCUT2D eigenvalue weighted by atomic mass is 35.5. The monoisotopic (exact) mass is 525 g/mol. The Balaban J connectivity index is 0.00000280. The first-order valence-electron chi connectivity index (χ1n) is 12.3. The second kappa shape index (κ2) is 10.1. The molecule has 0 radical (unpaired) electrons. The zero-order chi connectivity index (χ0) is 24.8. The van der Waals surface area contributed by atoms with E-state index >= 15 is 0 Å². The van der Waals surface area contributed by atoms with Crippen molar-refractivity contribution in [3.8, 4) is 22.5 Å². The van der Waals surface area contributed by atoms with Crippen LogP contribution in [0.5, 0.6) is 0 Å². The zero-order valence-electron chi connectivity index (χ0n) is 20.6. The number of benzene rings is 1. The van der Waals surface area contributed by atoms with Gasteiger partial charge in [0.25, 0.3) is 0 Å². The van der Waals surface area contributed by atoms with Gasteiger partial charge in [-0.05, 0) is 49.1 Å². The summed E-state index contributed by atoms with van der Waals surface area (Å²) >= 11 is 0. The molecular formula is C25H29ClFN9O. The lowest BCUT2D eigenvalue weighted by molar-refractivity contribution is 0.215. The summed E-state index contributed by atoms with van der Waals surface area (Å²) < 4.78 is 16.6. The summed E-state index contributed by atoms with van der Waals surface area (Å²) in [6.45, 7) is 6.63. The molecule has 5 heterocycles. The summed E-state index contributed by atoms with van der Waals surface area (Å²) in [5.74, 6) is 0.695. The summed E-state index contributed by atoms with van der Waals surface area (Å²) in [4.78, 5) is 26.2. The van der Waals surface area contributed by atoms with Crippen molar-refractivity contribution in [3.63, 3.8) is 0 Å². The average Bonchev–Trinajstić information content (AvgIpc) is 3.67. The largest absolute Gasteiger partial charge is 0.326 e. The molecule has 0 saturated carbocycles. The van der Waals surface area contributed by atoms with Gasteiger partial charge in [-0.15, -0.1) is 12.4 Å². The summed E-state index contributed by atoms with van der Waals surface area (Å²) in [5, 5.41) is 14.5. The number of hydrogen-bond donors (Lipinski definition) is 2. The zero-order valence-corrected chi connectivity index (χ0v) is 21.5. The minimum Gasteiger partial charge on any atom is -0.321 e. The summed E-state index contributed by atoms with van der Waals surface area (Å²) in [6.07, 6.45) is 7.11. The van der Waals surface area contributed by atoms with Gasteiger partial charge < -0.3 is 10.2 Å². The fourth-order valence-electron chi connectivity index (χ4n) is 5.19. The number of nitrogens with one attached hydrogen (secondary N) is 2. The van der Waals surface area contributed by atoms with E-state index in [1.165, 1.54) is 12.4 Å². The smallest absolute Gasteiger partial charge is 0.321 e. The number of fused-ring (bicyclic) bond motifs is 1. The minimum atomic E-state index is -0.437. The molecule has 2 fully saturated rings. The molecule has 37 heavy (non-hydrogen) atoms. The first-order valence-corrected chi connectivity index (χ1v) is 12.3. The van der Waals surface area contributed by atoms with Crippen molar-refractivity contribution in [3.05, 3.63) is 48.8 Å². The third-order valence-electron chi connectivity index (χ3n) is 7.13. The van der Waals surface area contributed by atoms with Gasteiger partial charge in [-0.2, -0.15) is 10.2 Å². The first-order chi connectivity index (χ1) is 17.5. The first kappa shape index (κ1) is 25.1. The normalized spacial score (nSPS) is 19.8. The molecule has 0 bridgehead atoms. The van der Waals surface area contributed by atoms with Crippen LogP contribution in [-0.4, -0.2) is 72.4 Å². The lowest BCUT2D eigenvalue weighted by atomic mass is 10.0. The van der Waals surface area contributed by atoms with Gasteiger partial charge in [0.2, 0.25) is 0 Å². The number of carbonyl (C=O) groups is 1. The Bertz CT molecular complexity index is 1400. The van der Waals surface area contributed by atoms with Gasteiger partial charge in [-0.3, -0.25) is 10.00 Å². The van der Waals surface area contributed by atoms with E-state index < -0.39 is 5.82 Å². The molecule has 4 aromatic rings. The second-order valence-corrected chi connectivity index (χ2v) is 9.79. The number of H-pyrrole nitrogens is 1. The van der Waals surface area contributed by atoms with Gasteiger partial charge in [0.1, 0.15) is 18.0 Å². The predicted octanol–water partition coefficient (Wildman–Crippen LogP) is 3.76. The van der Waals surface area contributed by atoms with Crippen LogP contribution < -0.4 is 10.2 Å². The van der Waals surface area contributed by atoms with E-state index in [0.717, 1.165) is 19.4 Å². The third kappa shape index (κ3) is 4.53. The Morgan fingerprint density at radius 1 is 1.22 bits per heavy atom. The molecule has 2 atom stereocenters. The average molecular weight is 526 g/mol. The van der Waals surface area contributed by atoms with Crippen LogP contribution in [0.3, 0.4) is 0 Å². The Morgan fingerprint density at radius 2 is 2.08 bits per heavy atom. The molecule has 10 nitrogen and oxygen atoms in total. The highest BCUT2D eigenvalue weighted by molar-refractivity contribution is 5.94. The number of aromatic nitrogens is 6. The fourth-order valence-corrected chi connectivity index (χ4v) is 5.19. The molecule has 194 valence electrons. The lowest BCUT2D eigenvalue weighted by Crippen LogP contribution is -2.41. The van der Waals surface area contributed by atoms with E-state index in [1.54, 1.807) is 29.0 Å². The van der Waals surface area contributed by atoms with E-state index in [0.29, 0.717) is 53.1 Å². The van der Waals surface area contributed by atoms with Crippen LogP contribution in [0.25, 0.3) is 28.2 Å². The summed E-state index contributed by atoms with van der Waals surface area (Å²) in [7, 11) is 0. The maximum absolute atomic E-state index is 14.9. The molecule has 2 saturated heterocycles. The minimum absolute atomic E-state index is 0. The Kier molecular flexibility index (Phi) is 6.82. The van der Waals surface area contributed by atoms with E-state index in [4.69, 9.17) is 4.98 Å². The summed E-state index contributed by atoms with van der Waals surface area (Å²) in [6, 6.07) is 7.03. The van der Waals surface area contributed by atoms with Crippen molar-refractivity contribution in [1.82, 2.24) is 40.0 Å². The number of amides is 2. The Labute approximate surface area is 219 Å². The molecule has 2 N–H and O–H groups in total. The molecule has 6 rings (SSSR count). The Hall–Kier alpha value is -3.57. The van der Waals surface area contributed by atoms with Crippen LogP contribution in [0.15, 0.2) is 43.0 Å². The number of aromatic amines is 1. The van der Waals surface area contributed by atoms with Gasteiger partial charge in [-0.1, -0.05) is 19.9 Å². The number of halogens is 2. The fraction of sp³-hybridized carbons (Fsp3) is 0.400. The van der Waals surface area contributed by atoms with Crippen LogP contribution in [0.1, 0.15) is 26.7 Å². The molecular weight excluding hydrogens is 497 g/mol. The van der Waals surface area contributed by atoms with Crippen LogP contribution in [0.4, 0.5) is 15.0 Å². The van der Waals surface area contributed by atoms with Crippen LogP contribution >= 0.6 is 12.4 Å². The van der Waals surface area contributed by atoms with Gasteiger partial charge in [0, 0.05) is 30.9 Å². The van der Waals surface area contributed by atoms with Crippen molar-refractivity contribution in [2.24, 2.45) is 5.92 Å². The summed E-state index contributed by atoms with van der Waals surface area (Å²) in [5.41, 5.74) is 2.18. The van der Waals surface area contributed by atoms with Gasteiger partial charge >= 0.3 is 6.03 Å². The maximum Gasteiger partial charge on any atom is 0.326 e. The molecule has 2 amide bonds. The number of nitrogens with zero attached hydrogens (tertiary/aromatic N) is 7. The molecule has 3 aromatic heterocycles. The maximum atomic E-state index is 14.9. The standard InChI is InChI=1S/C25H28FN9O.ClH/c1-15(2)21-13-33(12-17-4-3-8-27-17)25(36)35(21)22-7-9-34-24(31-22)19(11-30-34)16-5-6-18(20(26)10-16)23-28-14-29-32-23;/h5-7,9-11,14-15,17,21,27H,3-4,8,12-13H2,1-2H3,(H,28,29,32);1H. The van der Waals surface area contributed by atoms with Gasteiger partial charge in [0.15, 0.2) is 11.5 Å². The lowest BCUT2D eigenvalue weighted by Gasteiger charge is -2.25. The van der Waals surface area contributed by atoms with Crippen molar-refractivity contribution in [1.29, 1.82) is 0 Å². The predicted molar refractivity (Wildman–Crippen MR) is 140 cm³/mol. The van der Waals surface area contributed by atoms with E-state index in [1.807, 2.05) is 15.9 Å². The number of hydrogen-bond acceptors (Lipinski definition) is 6. The van der Waals surface area contributed by atoms with Crippen molar-refractivity contribution in [2.45, 2.75) is 38.8 Å². The molecule has 12 heteroatoms. The van der Waals surface area contributed by atoms with Crippen molar-refractivity contribution >= 4 is 29.9 Å². The molecule has 0 spiro atoms. The molecule has 2 unspecified atom stereocenters. The quantitative estimate of drug-likeness (QED) is 0.397. The van der Waals surface area contributed by atoms with E-state index in [-0.39, 0.29) is 30.4 Å². The second-order valence-electron chi connectivity index (χ2n) is 9.79. The van der Waals surface area contributed by atoms with Crippen molar-refractivity contribution < 1.29 is 9.18 Å². The highest BCUT2D eigenvalue weighted by Gasteiger charge is 2.41. The molecule has 2 aliphatic rings. The van der Waals surface area contributed by atoms with Crippen LogP contribution in [0.2, 0.25) is 0 Å². The molecule has 2 aliphatic heterocycles. The number of anilines is 1. The molecule has 0 aliphatic carbocycles. The SMILES string of the molecule is CC(C)C1CN(CC2CCCN2)C(=O)N1c1ccn2ncc(-c3ccc(-c4nc[nH]n4)c(F)c3)c2n1.Cl. The molecule has 1 aromatic carbocycles. The number of rotatable bonds is 6. The van der Waals surface area contributed by atoms with Crippen molar-refractivity contribution in [2.75, 3.05) is 24.5 Å². The van der Waals surface area contributed by atoms with Gasteiger partial charge in [0.05, 0.1) is 17.8 Å². The third-order valence-corrected chi connectivity index (χ3v) is 7.13. The Morgan fingerprint density at radius 3 is 2.78 bits per heavy atom. The highest BCUT2D eigenvalue weighted by Crippen LogP contribution is 2.32. The van der Waals surface area contributed by atoms with Crippen LogP contribution in [0, 0.1) is 11.7 Å². The topological polar surface area (TPSA) is 107 Å². The van der Waals surface area contributed by atoms with E-state index in [9.17, 15) is 9.18 Å². The van der Waals surface area contributed by atoms with E-state index in [2.05, 4.69) is 39.4 Å². The number of urea groups is 1. The van der Waals surface area contributed by atoms with Crippen LogP contribution in [-0.2, 0) is 0 Å². The number of carbonyl (C=O) groups excluding carboxylic acids is 1. The van der Waals surface area contributed by atoms with Gasteiger partial charge in [-0.25, -0.2) is 23.7 Å².